The fraction of sp³-hybridized carbons (Fsp3) is 0.653. The van der Waals surface area contributed by atoms with Gasteiger partial charge >= 0.3 is 0 Å². The van der Waals surface area contributed by atoms with Crippen LogP contribution in [0.3, 0.4) is 0 Å². The van der Waals surface area contributed by atoms with Gasteiger partial charge in [0.05, 0.1) is 31.0 Å². The number of allylic oxidation sites excluding steroid dienone is 4. The van der Waals surface area contributed by atoms with E-state index in [0.29, 0.717) is 49.8 Å². The third kappa shape index (κ3) is 5.69. The molecule has 0 aliphatic heterocycles. The SMILES string of the molecule is CC1(C)[C@H]2CC[C@@H](CN(C[C@@H](O)COCc3ccccc3)C[C@]3(O)CC[C@H]4[C@]56C=C[C@@]7(C=C5C(=O)c5ccccc5)CC(O)CC[C@]7(C)[C@H]6CC[C@@]43C)[C@@H]1C2. The minimum Gasteiger partial charge on any atom is -0.393 e. The summed E-state index contributed by atoms with van der Waals surface area (Å²) in [6.07, 6.45) is 15.7. The molecule has 0 saturated heterocycles. The van der Waals surface area contributed by atoms with Gasteiger partial charge in [-0.15, -0.1) is 0 Å². The van der Waals surface area contributed by atoms with Crippen molar-refractivity contribution in [3.63, 3.8) is 0 Å². The molecule has 11 rings (SSSR count). The number of carbonyl (C=O) groups excluding carboxylic acids is 1. The number of hydrogen-bond donors (Lipinski definition) is 3. The van der Waals surface area contributed by atoms with Crippen LogP contribution in [0.4, 0.5) is 0 Å². The van der Waals surface area contributed by atoms with E-state index in [1.54, 1.807) is 0 Å². The molecule has 2 aromatic rings. The predicted molar refractivity (Wildman–Crippen MR) is 216 cm³/mol. The Morgan fingerprint density at radius 2 is 1.56 bits per heavy atom. The first kappa shape index (κ1) is 37.9. The van der Waals surface area contributed by atoms with Gasteiger partial charge in [-0.3, -0.25) is 9.69 Å². The number of carbonyl (C=O) groups is 1. The van der Waals surface area contributed by atoms with Crippen LogP contribution in [-0.2, 0) is 11.3 Å². The van der Waals surface area contributed by atoms with Crippen LogP contribution in [0.5, 0.6) is 0 Å². The number of aliphatic hydroxyl groups is 3. The maximum Gasteiger partial charge on any atom is 0.189 e. The number of ketones is 1. The van der Waals surface area contributed by atoms with Crippen LogP contribution in [0.15, 0.2) is 84.5 Å². The Morgan fingerprint density at radius 3 is 2.29 bits per heavy atom. The molecule has 12 atom stereocenters. The van der Waals surface area contributed by atoms with Gasteiger partial charge in [-0.1, -0.05) is 107 Å². The predicted octanol–water partition coefficient (Wildman–Crippen LogP) is 8.41. The topological polar surface area (TPSA) is 90.2 Å². The molecule has 6 saturated carbocycles. The van der Waals surface area contributed by atoms with Crippen molar-refractivity contribution in [2.75, 3.05) is 26.2 Å². The van der Waals surface area contributed by atoms with Crippen molar-refractivity contribution < 1.29 is 24.9 Å². The summed E-state index contributed by atoms with van der Waals surface area (Å²) in [5.74, 6) is 2.52. The molecule has 0 heterocycles. The summed E-state index contributed by atoms with van der Waals surface area (Å²) in [4.78, 5) is 17.3. The normalized spacial score (nSPS) is 42.5. The van der Waals surface area contributed by atoms with E-state index in [0.717, 1.165) is 61.3 Å². The number of nitrogens with zero attached hydrogens (tertiary/aromatic N) is 1. The number of benzene rings is 2. The van der Waals surface area contributed by atoms with Crippen LogP contribution in [-0.4, -0.2) is 70.1 Å². The molecule has 0 aromatic heterocycles. The summed E-state index contributed by atoms with van der Waals surface area (Å²) < 4.78 is 6.06. The Morgan fingerprint density at radius 1 is 0.873 bits per heavy atom. The molecule has 1 unspecified atom stereocenters. The molecule has 0 radical (unpaired) electrons. The second kappa shape index (κ2) is 13.5. The van der Waals surface area contributed by atoms with Crippen molar-refractivity contribution in [2.45, 2.75) is 116 Å². The van der Waals surface area contributed by atoms with Crippen molar-refractivity contribution in [2.24, 2.45) is 56.7 Å². The first-order valence-corrected chi connectivity index (χ1v) is 21.7. The quantitative estimate of drug-likeness (QED) is 0.149. The van der Waals surface area contributed by atoms with Crippen molar-refractivity contribution >= 4 is 5.78 Å². The summed E-state index contributed by atoms with van der Waals surface area (Å²) >= 11 is 0. The monoisotopic (exact) mass is 747 g/mol. The zero-order chi connectivity index (χ0) is 38.4. The van der Waals surface area contributed by atoms with E-state index in [2.05, 4.69) is 63.0 Å². The Labute approximate surface area is 329 Å². The fourth-order valence-electron chi connectivity index (χ4n) is 14.7. The highest BCUT2D eigenvalue weighted by Gasteiger charge is 2.74. The molecule has 4 bridgehead atoms. The highest BCUT2D eigenvalue weighted by atomic mass is 16.5. The Balaban J connectivity index is 1.03. The third-order valence-electron chi connectivity index (χ3n) is 17.9. The van der Waals surface area contributed by atoms with Gasteiger partial charge < -0.3 is 20.1 Å². The summed E-state index contributed by atoms with van der Waals surface area (Å²) in [6.45, 7) is 12.3. The molecule has 296 valence electrons. The van der Waals surface area contributed by atoms with Gasteiger partial charge in [0.2, 0.25) is 0 Å². The van der Waals surface area contributed by atoms with Crippen molar-refractivity contribution in [1.29, 1.82) is 0 Å². The maximum atomic E-state index is 14.9. The molecule has 55 heavy (non-hydrogen) atoms. The molecule has 6 fully saturated rings. The third-order valence-corrected chi connectivity index (χ3v) is 17.9. The number of rotatable bonds is 12. The van der Waals surface area contributed by atoms with Gasteiger partial charge in [0.15, 0.2) is 5.78 Å². The van der Waals surface area contributed by atoms with Crippen LogP contribution in [0.25, 0.3) is 0 Å². The number of Topliss-reactive ketones (excluding diaryl/α,β-unsaturated/α-hetero) is 1. The average molecular weight is 748 g/mol. The van der Waals surface area contributed by atoms with Crippen molar-refractivity contribution in [3.8, 4) is 0 Å². The van der Waals surface area contributed by atoms with Crippen molar-refractivity contribution in [1.82, 2.24) is 4.90 Å². The molecule has 6 nitrogen and oxygen atoms in total. The van der Waals surface area contributed by atoms with Crippen molar-refractivity contribution in [3.05, 3.63) is 95.6 Å². The van der Waals surface area contributed by atoms with Gasteiger partial charge in [-0.05, 0) is 110 Å². The lowest BCUT2D eigenvalue weighted by Gasteiger charge is -2.71. The molecule has 2 aromatic carbocycles. The van der Waals surface area contributed by atoms with E-state index in [9.17, 15) is 20.1 Å². The number of ether oxygens (including phenoxy) is 1. The minimum absolute atomic E-state index is 0.0617. The van der Waals surface area contributed by atoms with E-state index in [-0.39, 0.29) is 41.2 Å². The maximum absolute atomic E-state index is 14.9. The molecule has 3 N–H and O–H groups in total. The summed E-state index contributed by atoms with van der Waals surface area (Å²) in [5.41, 5.74) is 0.799. The molecule has 2 spiro atoms. The zero-order valence-corrected chi connectivity index (χ0v) is 33.8. The lowest BCUT2D eigenvalue weighted by molar-refractivity contribution is -0.179. The minimum atomic E-state index is -0.973. The lowest BCUT2D eigenvalue weighted by Crippen LogP contribution is -2.67. The largest absolute Gasteiger partial charge is 0.393 e. The van der Waals surface area contributed by atoms with Gasteiger partial charge in [-0.2, -0.15) is 0 Å². The Kier molecular flexibility index (Phi) is 9.30. The number of aliphatic hydroxyl groups excluding tert-OH is 2. The van der Waals surface area contributed by atoms with Crippen LogP contribution in [0, 0.1) is 56.7 Å². The highest BCUT2D eigenvalue weighted by Crippen LogP contribution is 2.78. The van der Waals surface area contributed by atoms with E-state index in [1.807, 2.05) is 48.5 Å². The summed E-state index contributed by atoms with van der Waals surface area (Å²) in [5, 5.41) is 35.9. The van der Waals surface area contributed by atoms with Gasteiger partial charge in [-0.25, -0.2) is 0 Å². The van der Waals surface area contributed by atoms with E-state index >= 15 is 0 Å². The van der Waals surface area contributed by atoms with Gasteiger partial charge in [0.1, 0.15) is 0 Å². The lowest BCUT2D eigenvalue weighted by atomic mass is 9.32. The summed E-state index contributed by atoms with van der Waals surface area (Å²) in [7, 11) is 0. The second-order valence-electron chi connectivity index (χ2n) is 20.6. The average Bonchev–Trinajstić information content (AvgIpc) is 3.44. The summed E-state index contributed by atoms with van der Waals surface area (Å²) in [6, 6.07) is 19.9. The smallest absolute Gasteiger partial charge is 0.189 e. The highest BCUT2D eigenvalue weighted by molar-refractivity contribution is 6.10. The van der Waals surface area contributed by atoms with Crippen LogP contribution in [0.1, 0.15) is 108 Å². The van der Waals surface area contributed by atoms with Crippen LogP contribution >= 0.6 is 0 Å². The first-order valence-electron chi connectivity index (χ1n) is 21.7. The number of hydrogen-bond acceptors (Lipinski definition) is 6. The Bertz CT molecular complexity index is 1820. The second-order valence-corrected chi connectivity index (χ2v) is 20.6. The van der Waals surface area contributed by atoms with E-state index < -0.39 is 22.5 Å². The molecule has 0 amide bonds. The first-order chi connectivity index (χ1) is 26.2. The van der Waals surface area contributed by atoms with Gasteiger partial charge in [0.25, 0.3) is 0 Å². The van der Waals surface area contributed by atoms with E-state index in [1.165, 1.54) is 19.3 Å². The van der Waals surface area contributed by atoms with Crippen LogP contribution < -0.4 is 0 Å². The van der Waals surface area contributed by atoms with E-state index in [4.69, 9.17) is 4.74 Å². The van der Waals surface area contributed by atoms with Crippen LogP contribution in [0.2, 0.25) is 0 Å². The fourth-order valence-corrected chi connectivity index (χ4v) is 14.7. The Hall–Kier alpha value is -2.61. The molecular formula is C49H65NO5. The molecular weight excluding hydrogens is 683 g/mol. The van der Waals surface area contributed by atoms with Gasteiger partial charge in [0, 0.05) is 47.0 Å². The standard InChI is InChI=1S/C49H65NO5/c1-44(2)36-16-15-35(39(44)25-36)28-50(29-38(52)31-55-30-33-11-7-5-8-12-33)32-48(54)22-19-42-46(48,4)21-18-41-45(3)20-17-37(51)26-47(45)23-24-49(41,42)40(27-47)43(53)34-13-9-6-10-14-34/h5-14,23-24,27,35-39,41-42,51-52,54H,15-22,25-26,28-32H2,1-4H3/t35-,36-,37?,38+,39-,41+,42+,45+,46-,47-,48+,49+/m0/s1. The zero-order valence-electron chi connectivity index (χ0n) is 33.8. The molecule has 9 aliphatic carbocycles. The molecule has 6 heteroatoms. The number of fused-ring (bicyclic) bond motifs is 3. The molecule has 9 aliphatic rings.